The number of para-hydroxylation sites is 2. The molecule has 2 fully saturated rings. The van der Waals surface area contributed by atoms with E-state index in [0.717, 1.165) is 70.8 Å². The molecule has 2 aliphatic heterocycles. The fourth-order valence-electron chi connectivity index (χ4n) is 4.12. The molecule has 2 aliphatic rings. The standard InChI is InChI=1S/C22H35N3O2/c1-22(2)10-9-21(26)25(14-11-22)13-6-12-23-15-17-24(18-16-23)19-7-4-5-8-20(19)27-3/h4-5,7-8H,6,9-18H2,1-3H3. The van der Waals surface area contributed by atoms with Crippen molar-refractivity contribution in [2.45, 2.75) is 39.5 Å². The van der Waals surface area contributed by atoms with Gasteiger partial charge in [-0.05, 0) is 43.4 Å². The van der Waals surface area contributed by atoms with Gasteiger partial charge < -0.3 is 14.5 Å². The minimum Gasteiger partial charge on any atom is -0.495 e. The van der Waals surface area contributed by atoms with Gasteiger partial charge in [0.2, 0.25) is 5.91 Å². The Morgan fingerprint density at radius 2 is 1.74 bits per heavy atom. The van der Waals surface area contributed by atoms with Gasteiger partial charge >= 0.3 is 0 Å². The number of likely N-dealkylation sites (tertiary alicyclic amines) is 1. The molecular weight excluding hydrogens is 338 g/mol. The number of hydrogen-bond donors (Lipinski definition) is 0. The van der Waals surface area contributed by atoms with Crippen LogP contribution in [-0.4, -0.2) is 68.6 Å². The average Bonchev–Trinajstić information content (AvgIpc) is 2.81. The number of nitrogens with zero attached hydrogens (tertiary/aromatic N) is 3. The molecule has 0 N–H and O–H groups in total. The zero-order chi connectivity index (χ0) is 19.3. The lowest BCUT2D eigenvalue weighted by molar-refractivity contribution is -0.130. The molecule has 0 bridgehead atoms. The average molecular weight is 374 g/mol. The van der Waals surface area contributed by atoms with Gasteiger partial charge in [0.25, 0.3) is 0 Å². The van der Waals surface area contributed by atoms with E-state index < -0.39 is 0 Å². The zero-order valence-corrected chi connectivity index (χ0v) is 17.2. The van der Waals surface area contributed by atoms with Crippen molar-refractivity contribution in [3.8, 4) is 5.75 Å². The Morgan fingerprint density at radius 1 is 1.00 bits per heavy atom. The van der Waals surface area contributed by atoms with E-state index in [4.69, 9.17) is 4.74 Å². The van der Waals surface area contributed by atoms with Gasteiger partial charge in [-0.1, -0.05) is 26.0 Å². The molecule has 3 rings (SSSR count). The summed E-state index contributed by atoms with van der Waals surface area (Å²) in [6.07, 6.45) is 3.93. The van der Waals surface area contributed by atoms with Crippen molar-refractivity contribution in [2.24, 2.45) is 5.41 Å². The number of rotatable bonds is 6. The zero-order valence-electron chi connectivity index (χ0n) is 17.2. The number of methoxy groups -OCH3 is 1. The van der Waals surface area contributed by atoms with E-state index in [1.165, 1.54) is 5.69 Å². The molecule has 2 saturated heterocycles. The van der Waals surface area contributed by atoms with Crippen LogP contribution in [-0.2, 0) is 4.79 Å². The molecule has 0 aromatic heterocycles. The molecule has 5 heteroatoms. The van der Waals surface area contributed by atoms with Crippen LogP contribution in [0.3, 0.4) is 0 Å². The summed E-state index contributed by atoms with van der Waals surface area (Å²) in [7, 11) is 1.74. The first-order valence-corrected chi connectivity index (χ1v) is 10.4. The van der Waals surface area contributed by atoms with Crippen LogP contribution >= 0.6 is 0 Å². The van der Waals surface area contributed by atoms with Crippen LogP contribution in [0.1, 0.15) is 39.5 Å². The summed E-state index contributed by atoms with van der Waals surface area (Å²) < 4.78 is 5.50. The highest BCUT2D eigenvalue weighted by molar-refractivity contribution is 5.76. The molecular formula is C22H35N3O2. The summed E-state index contributed by atoms with van der Waals surface area (Å²) >= 11 is 0. The predicted molar refractivity (Wildman–Crippen MR) is 110 cm³/mol. The van der Waals surface area contributed by atoms with Crippen LogP contribution in [0.5, 0.6) is 5.75 Å². The first-order valence-electron chi connectivity index (χ1n) is 10.4. The molecule has 5 nitrogen and oxygen atoms in total. The summed E-state index contributed by atoms with van der Waals surface area (Å²) in [4.78, 5) is 19.4. The van der Waals surface area contributed by atoms with E-state index in [0.29, 0.717) is 17.7 Å². The van der Waals surface area contributed by atoms with E-state index >= 15 is 0 Å². The summed E-state index contributed by atoms with van der Waals surface area (Å²) in [6.45, 7) is 11.7. The van der Waals surface area contributed by atoms with Gasteiger partial charge in [0.15, 0.2) is 0 Å². The molecule has 0 atom stereocenters. The highest BCUT2D eigenvalue weighted by Gasteiger charge is 2.27. The number of carbonyl (C=O) groups is 1. The Hall–Kier alpha value is -1.75. The van der Waals surface area contributed by atoms with E-state index in [1.807, 2.05) is 12.1 Å². The summed E-state index contributed by atoms with van der Waals surface area (Å²) in [5.74, 6) is 1.30. The molecule has 150 valence electrons. The highest BCUT2D eigenvalue weighted by Crippen LogP contribution is 2.30. The molecule has 0 aliphatic carbocycles. The number of piperazine rings is 1. The van der Waals surface area contributed by atoms with E-state index in [9.17, 15) is 4.79 Å². The third-order valence-corrected chi connectivity index (χ3v) is 6.13. The SMILES string of the molecule is COc1ccccc1N1CCN(CCCN2CCC(C)(C)CCC2=O)CC1. The Kier molecular flexibility index (Phi) is 6.64. The van der Waals surface area contributed by atoms with E-state index in [1.54, 1.807) is 7.11 Å². The van der Waals surface area contributed by atoms with Crippen LogP contribution in [0.2, 0.25) is 0 Å². The summed E-state index contributed by atoms with van der Waals surface area (Å²) in [5.41, 5.74) is 1.50. The quantitative estimate of drug-likeness (QED) is 0.767. The first-order chi connectivity index (χ1) is 13.0. The molecule has 1 aromatic rings. The Bertz CT molecular complexity index is 624. The number of benzene rings is 1. The van der Waals surface area contributed by atoms with Gasteiger partial charge in [-0.2, -0.15) is 0 Å². The second kappa shape index (κ2) is 8.96. The lowest BCUT2D eigenvalue weighted by atomic mass is 9.85. The third kappa shape index (κ3) is 5.38. The Balaban J connectivity index is 1.41. The summed E-state index contributed by atoms with van der Waals surface area (Å²) in [6, 6.07) is 8.26. The van der Waals surface area contributed by atoms with Gasteiger partial charge in [-0.15, -0.1) is 0 Å². The molecule has 1 aromatic carbocycles. The maximum atomic E-state index is 12.3. The molecule has 0 saturated carbocycles. The second-order valence-corrected chi connectivity index (χ2v) is 8.65. The molecule has 0 spiro atoms. The molecule has 2 heterocycles. The van der Waals surface area contributed by atoms with Crippen molar-refractivity contribution in [1.29, 1.82) is 0 Å². The van der Waals surface area contributed by atoms with Gasteiger partial charge in [0, 0.05) is 45.7 Å². The predicted octanol–water partition coefficient (Wildman–Crippen LogP) is 3.25. The van der Waals surface area contributed by atoms with Crippen LogP contribution < -0.4 is 9.64 Å². The first kappa shape index (κ1) is 20.0. The normalized spacial score (nSPS) is 21.2. The van der Waals surface area contributed by atoms with Crippen LogP contribution in [0.15, 0.2) is 24.3 Å². The highest BCUT2D eigenvalue weighted by atomic mass is 16.5. The van der Waals surface area contributed by atoms with E-state index in [-0.39, 0.29) is 0 Å². The number of ether oxygens (including phenoxy) is 1. The van der Waals surface area contributed by atoms with Crippen molar-refractivity contribution < 1.29 is 9.53 Å². The number of carbonyl (C=O) groups excluding carboxylic acids is 1. The monoisotopic (exact) mass is 373 g/mol. The topological polar surface area (TPSA) is 36.0 Å². The van der Waals surface area contributed by atoms with Crippen molar-refractivity contribution in [3.63, 3.8) is 0 Å². The molecule has 27 heavy (non-hydrogen) atoms. The maximum Gasteiger partial charge on any atom is 0.222 e. The van der Waals surface area contributed by atoms with Gasteiger partial charge in [-0.3, -0.25) is 9.69 Å². The van der Waals surface area contributed by atoms with Crippen molar-refractivity contribution in [1.82, 2.24) is 9.80 Å². The second-order valence-electron chi connectivity index (χ2n) is 8.65. The smallest absolute Gasteiger partial charge is 0.222 e. The Labute approximate surface area is 164 Å². The van der Waals surface area contributed by atoms with Crippen LogP contribution in [0.4, 0.5) is 5.69 Å². The van der Waals surface area contributed by atoms with Crippen LogP contribution in [0, 0.1) is 5.41 Å². The fourth-order valence-corrected chi connectivity index (χ4v) is 4.12. The minimum absolute atomic E-state index is 0.305. The fraction of sp³-hybridized carbons (Fsp3) is 0.682. The lowest BCUT2D eigenvalue weighted by Crippen LogP contribution is -2.47. The molecule has 0 radical (unpaired) electrons. The largest absolute Gasteiger partial charge is 0.495 e. The van der Waals surface area contributed by atoms with Gasteiger partial charge in [0.05, 0.1) is 12.8 Å². The number of amides is 1. The molecule has 1 amide bonds. The number of hydrogen-bond acceptors (Lipinski definition) is 4. The molecule has 0 unspecified atom stereocenters. The van der Waals surface area contributed by atoms with Crippen molar-refractivity contribution in [2.75, 3.05) is 57.8 Å². The lowest BCUT2D eigenvalue weighted by Gasteiger charge is -2.37. The van der Waals surface area contributed by atoms with Gasteiger partial charge in [0.1, 0.15) is 5.75 Å². The van der Waals surface area contributed by atoms with Crippen LogP contribution in [0.25, 0.3) is 0 Å². The van der Waals surface area contributed by atoms with E-state index in [2.05, 4.69) is 40.7 Å². The number of anilines is 1. The van der Waals surface area contributed by atoms with Crippen molar-refractivity contribution in [3.05, 3.63) is 24.3 Å². The minimum atomic E-state index is 0.305. The Morgan fingerprint density at radius 3 is 2.48 bits per heavy atom. The summed E-state index contributed by atoms with van der Waals surface area (Å²) in [5, 5.41) is 0. The third-order valence-electron chi connectivity index (χ3n) is 6.13. The van der Waals surface area contributed by atoms with Crippen molar-refractivity contribution >= 4 is 11.6 Å². The van der Waals surface area contributed by atoms with Gasteiger partial charge in [-0.25, -0.2) is 0 Å². The maximum absolute atomic E-state index is 12.3.